The first-order valence-electron chi connectivity index (χ1n) is 5.96. The molecule has 0 radical (unpaired) electrons. The fraction of sp³-hybridized carbons (Fsp3) is 0.357. The highest BCUT2D eigenvalue weighted by atomic mass is 16.6. The highest BCUT2D eigenvalue weighted by molar-refractivity contribution is 5.71. The molecular formula is C14H19NO4. The van der Waals surface area contributed by atoms with Gasteiger partial charge in [0.15, 0.2) is 11.5 Å². The van der Waals surface area contributed by atoms with Crippen molar-refractivity contribution in [3.8, 4) is 11.5 Å². The lowest BCUT2D eigenvalue weighted by molar-refractivity contribution is -0.132. The predicted octanol–water partition coefficient (Wildman–Crippen LogP) is 1.34. The molecule has 0 aliphatic rings. The highest BCUT2D eigenvalue weighted by Crippen LogP contribution is 2.28. The fourth-order valence-corrected chi connectivity index (χ4v) is 1.48. The summed E-state index contributed by atoms with van der Waals surface area (Å²) in [6, 6.07) is 4.99. The quantitative estimate of drug-likeness (QED) is 0.599. The van der Waals surface area contributed by atoms with E-state index in [9.17, 15) is 4.79 Å². The number of nitrogens with two attached hydrogens (primary N) is 1. The average Bonchev–Trinajstić information content (AvgIpc) is 2.39. The van der Waals surface area contributed by atoms with Gasteiger partial charge < -0.3 is 20.3 Å². The van der Waals surface area contributed by atoms with E-state index in [-0.39, 0.29) is 12.6 Å². The van der Waals surface area contributed by atoms with E-state index < -0.39 is 5.97 Å². The van der Waals surface area contributed by atoms with Crippen molar-refractivity contribution in [2.24, 2.45) is 5.73 Å². The van der Waals surface area contributed by atoms with Gasteiger partial charge in [0.05, 0.1) is 13.7 Å². The molecule has 0 saturated heterocycles. The molecule has 0 amide bonds. The minimum atomic E-state index is -0.393. The Labute approximate surface area is 112 Å². The van der Waals surface area contributed by atoms with Crippen molar-refractivity contribution in [2.45, 2.75) is 19.4 Å². The molecule has 0 aromatic heterocycles. The summed E-state index contributed by atoms with van der Waals surface area (Å²) in [6.07, 6.45) is 4.33. The third kappa shape index (κ3) is 5.11. The molecule has 104 valence electrons. The molecule has 0 fully saturated rings. The largest absolute Gasteiger partial charge is 0.493 e. The Balaban J connectivity index is 2.79. The summed E-state index contributed by atoms with van der Waals surface area (Å²) in [5.74, 6) is 0.485. The van der Waals surface area contributed by atoms with E-state index in [0.29, 0.717) is 17.9 Å². The van der Waals surface area contributed by atoms with Crippen LogP contribution < -0.4 is 15.2 Å². The summed E-state index contributed by atoms with van der Waals surface area (Å²) in [6.45, 7) is 1.29. The van der Waals surface area contributed by atoms with Gasteiger partial charge in [0.25, 0.3) is 0 Å². The lowest BCUT2D eigenvalue weighted by Crippen LogP contribution is -2.22. The third-order valence-corrected chi connectivity index (χ3v) is 2.43. The summed E-state index contributed by atoms with van der Waals surface area (Å²) in [5, 5.41) is 8.81. The number of carbonyl (C=O) groups excluding carboxylic acids is 1. The number of benzene rings is 1. The van der Waals surface area contributed by atoms with Gasteiger partial charge >= 0.3 is 5.97 Å². The number of aliphatic hydroxyl groups is 1. The van der Waals surface area contributed by atoms with Crippen molar-refractivity contribution < 1.29 is 19.4 Å². The number of hydrogen-bond donors (Lipinski definition) is 2. The zero-order chi connectivity index (χ0) is 14.3. The van der Waals surface area contributed by atoms with Crippen LogP contribution in [-0.2, 0) is 4.79 Å². The summed E-state index contributed by atoms with van der Waals surface area (Å²) in [7, 11) is 1.51. The zero-order valence-electron chi connectivity index (χ0n) is 11.1. The van der Waals surface area contributed by atoms with Crippen molar-refractivity contribution in [2.75, 3.05) is 13.7 Å². The van der Waals surface area contributed by atoms with E-state index in [4.69, 9.17) is 20.3 Å². The molecule has 1 aromatic carbocycles. The van der Waals surface area contributed by atoms with E-state index in [1.54, 1.807) is 12.1 Å². The van der Waals surface area contributed by atoms with Crippen LogP contribution in [0.1, 0.15) is 18.9 Å². The molecule has 1 unspecified atom stereocenters. The number of aliphatic hydroxyl groups excluding tert-OH is 1. The Morgan fingerprint density at radius 1 is 1.47 bits per heavy atom. The maximum atomic E-state index is 10.9. The van der Waals surface area contributed by atoms with Gasteiger partial charge in [0.1, 0.15) is 0 Å². The first kappa shape index (κ1) is 15.2. The molecule has 0 aliphatic carbocycles. The van der Waals surface area contributed by atoms with Crippen LogP contribution in [0.5, 0.6) is 11.5 Å². The Kier molecular flexibility index (Phi) is 6.05. The molecule has 0 heterocycles. The Morgan fingerprint density at radius 3 is 2.79 bits per heavy atom. The molecule has 1 atom stereocenters. The standard InChI is InChI=1S/C14H19NO4/c1-10(17)19-13-7-6-11(8-14(13)18-2)4-3-5-12(15)9-16/h3-4,6-8,12,16H,5,9,15H2,1-2H3/b4-3+. The van der Waals surface area contributed by atoms with Gasteiger partial charge in [-0.25, -0.2) is 0 Å². The lowest BCUT2D eigenvalue weighted by atomic mass is 10.1. The summed E-state index contributed by atoms with van der Waals surface area (Å²) < 4.78 is 10.2. The second-order valence-corrected chi connectivity index (χ2v) is 4.08. The highest BCUT2D eigenvalue weighted by Gasteiger charge is 2.06. The van der Waals surface area contributed by atoms with Crippen LogP contribution in [0.2, 0.25) is 0 Å². The van der Waals surface area contributed by atoms with Gasteiger partial charge in [-0.15, -0.1) is 0 Å². The molecule has 1 aromatic rings. The van der Waals surface area contributed by atoms with E-state index in [1.807, 2.05) is 18.2 Å². The molecule has 5 heteroatoms. The summed E-state index contributed by atoms with van der Waals surface area (Å²) >= 11 is 0. The fourth-order valence-electron chi connectivity index (χ4n) is 1.48. The van der Waals surface area contributed by atoms with E-state index in [1.165, 1.54) is 14.0 Å². The number of methoxy groups -OCH3 is 1. The number of esters is 1. The molecule has 19 heavy (non-hydrogen) atoms. The van der Waals surface area contributed by atoms with Crippen LogP contribution in [-0.4, -0.2) is 30.8 Å². The molecule has 0 aliphatic heterocycles. The van der Waals surface area contributed by atoms with Gasteiger partial charge in [-0.05, 0) is 24.1 Å². The minimum Gasteiger partial charge on any atom is -0.493 e. The molecular weight excluding hydrogens is 246 g/mol. The SMILES string of the molecule is COc1cc(/C=C/CC(N)CO)ccc1OC(C)=O. The second kappa shape index (κ2) is 7.56. The molecule has 3 N–H and O–H groups in total. The predicted molar refractivity (Wildman–Crippen MR) is 73.0 cm³/mol. The average molecular weight is 265 g/mol. The normalized spacial score (nSPS) is 12.4. The Morgan fingerprint density at radius 2 is 2.21 bits per heavy atom. The summed E-state index contributed by atoms with van der Waals surface area (Å²) in [4.78, 5) is 10.9. The molecule has 0 spiro atoms. The van der Waals surface area contributed by atoms with Gasteiger partial charge in [-0.1, -0.05) is 18.2 Å². The molecule has 0 saturated carbocycles. The smallest absolute Gasteiger partial charge is 0.308 e. The van der Waals surface area contributed by atoms with Crippen LogP contribution in [0, 0.1) is 0 Å². The number of ether oxygens (including phenoxy) is 2. The van der Waals surface area contributed by atoms with Crippen molar-refractivity contribution >= 4 is 12.0 Å². The van der Waals surface area contributed by atoms with Gasteiger partial charge in [0, 0.05) is 13.0 Å². The van der Waals surface area contributed by atoms with Crippen molar-refractivity contribution in [1.29, 1.82) is 0 Å². The molecule has 5 nitrogen and oxygen atoms in total. The van der Waals surface area contributed by atoms with Crippen LogP contribution in [0.3, 0.4) is 0 Å². The number of rotatable bonds is 6. The Hall–Kier alpha value is -1.85. The van der Waals surface area contributed by atoms with Crippen LogP contribution in [0.25, 0.3) is 6.08 Å². The van der Waals surface area contributed by atoms with E-state index in [2.05, 4.69) is 0 Å². The monoisotopic (exact) mass is 265 g/mol. The second-order valence-electron chi connectivity index (χ2n) is 4.08. The van der Waals surface area contributed by atoms with Crippen LogP contribution >= 0.6 is 0 Å². The van der Waals surface area contributed by atoms with Gasteiger partial charge in [-0.3, -0.25) is 4.79 Å². The van der Waals surface area contributed by atoms with E-state index in [0.717, 1.165) is 5.56 Å². The maximum absolute atomic E-state index is 10.9. The minimum absolute atomic E-state index is 0.0426. The maximum Gasteiger partial charge on any atom is 0.308 e. The van der Waals surface area contributed by atoms with Gasteiger partial charge in [0.2, 0.25) is 0 Å². The lowest BCUT2D eigenvalue weighted by Gasteiger charge is -2.08. The van der Waals surface area contributed by atoms with Crippen LogP contribution in [0.4, 0.5) is 0 Å². The van der Waals surface area contributed by atoms with E-state index >= 15 is 0 Å². The number of hydrogen-bond acceptors (Lipinski definition) is 5. The first-order chi connectivity index (χ1) is 9.06. The molecule has 1 rings (SSSR count). The first-order valence-corrected chi connectivity index (χ1v) is 5.96. The van der Waals surface area contributed by atoms with Crippen molar-refractivity contribution in [3.05, 3.63) is 29.8 Å². The van der Waals surface area contributed by atoms with Gasteiger partial charge in [-0.2, -0.15) is 0 Å². The topological polar surface area (TPSA) is 81.8 Å². The van der Waals surface area contributed by atoms with Crippen LogP contribution in [0.15, 0.2) is 24.3 Å². The van der Waals surface area contributed by atoms with Crippen molar-refractivity contribution in [3.63, 3.8) is 0 Å². The number of carbonyl (C=O) groups is 1. The zero-order valence-corrected chi connectivity index (χ0v) is 11.1. The Bertz CT molecular complexity index is 457. The third-order valence-electron chi connectivity index (χ3n) is 2.43. The molecule has 0 bridgehead atoms. The summed E-state index contributed by atoms with van der Waals surface area (Å²) in [5.41, 5.74) is 6.49. The van der Waals surface area contributed by atoms with Crippen molar-refractivity contribution in [1.82, 2.24) is 0 Å².